The van der Waals surface area contributed by atoms with Crippen molar-refractivity contribution in [2.24, 2.45) is 0 Å². The molecule has 20 heavy (non-hydrogen) atoms. The molecular weight excluding hydrogens is 258 g/mol. The number of carbonyl (C=O) groups is 1. The highest BCUT2D eigenvalue weighted by Crippen LogP contribution is 2.33. The van der Waals surface area contributed by atoms with Crippen molar-refractivity contribution in [1.82, 2.24) is 0 Å². The first-order valence-electron chi connectivity index (χ1n) is 6.03. The molecule has 0 unspecified atom stereocenters. The fourth-order valence-corrected chi connectivity index (χ4v) is 2.30. The molecule has 102 valence electrons. The minimum atomic E-state index is -1.67. The van der Waals surface area contributed by atoms with Gasteiger partial charge in [-0.3, -0.25) is 14.9 Å². The lowest BCUT2D eigenvalue weighted by atomic mass is 9.74. The molecule has 0 radical (unpaired) electrons. The number of rotatable bonds is 5. The molecule has 0 spiro atoms. The Morgan fingerprint density at radius 2 is 1.40 bits per heavy atom. The number of nitro groups is 1. The van der Waals surface area contributed by atoms with Gasteiger partial charge in [-0.2, -0.15) is 0 Å². The predicted octanol–water partition coefficient (Wildman–Crippen LogP) is 2.33. The van der Waals surface area contributed by atoms with Crippen LogP contribution in [0.2, 0.25) is 0 Å². The molecule has 0 aromatic heterocycles. The minimum absolute atomic E-state index is 0.399. The van der Waals surface area contributed by atoms with Gasteiger partial charge in [0.2, 0.25) is 6.54 Å². The van der Waals surface area contributed by atoms with Crippen LogP contribution in [-0.2, 0) is 10.2 Å². The quantitative estimate of drug-likeness (QED) is 0.668. The molecule has 0 aliphatic carbocycles. The van der Waals surface area contributed by atoms with Crippen molar-refractivity contribution in [2.45, 2.75) is 5.41 Å². The average Bonchev–Trinajstić information content (AvgIpc) is 2.46. The smallest absolute Gasteiger partial charge is 0.325 e. The van der Waals surface area contributed by atoms with Gasteiger partial charge >= 0.3 is 5.97 Å². The van der Waals surface area contributed by atoms with E-state index in [4.69, 9.17) is 0 Å². The molecule has 0 atom stereocenters. The van der Waals surface area contributed by atoms with Crippen LogP contribution in [0.25, 0.3) is 0 Å². The summed E-state index contributed by atoms with van der Waals surface area (Å²) in [4.78, 5) is 22.3. The normalized spacial score (nSPS) is 11.0. The summed E-state index contributed by atoms with van der Waals surface area (Å²) < 4.78 is 0. The molecule has 0 heterocycles. The standard InChI is InChI=1S/C15H13NO4/c17-14(18)15(11-16(19)20,12-7-3-1-4-8-12)13-9-5-2-6-10-13/h1-10H,11H2,(H,17,18). The van der Waals surface area contributed by atoms with E-state index in [1.54, 1.807) is 60.7 Å². The van der Waals surface area contributed by atoms with Gasteiger partial charge in [-0.05, 0) is 11.1 Å². The largest absolute Gasteiger partial charge is 0.480 e. The van der Waals surface area contributed by atoms with E-state index < -0.39 is 22.9 Å². The number of aliphatic carboxylic acids is 1. The van der Waals surface area contributed by atoms with Gasteiger partial charge < -0.3 is 5.11 Å². The molecule has 0 amide bonds. The number of hydrogen-bond acceptors (Lipinski definition) is 3. The van der Waals surface area contributed by atoms with Crippen molar-refractivity contribution in [3.63, 3.8) is 0 Å². The van der Waals surface area contributed by atoms with Gasteiger partial charge in [0.1, 0.15) is 0 Å². The van der Waals surface area contributed by atoms with Crippen LogP contribution in [0.4, 0.5) is 0 Å². The Morgan fingerprint density at radius 1 is 1.00 bits per heavy atom. The first-order chi connectivity index (χ1) is 9.57. The van der Waals surface area contributed by atoms with E-state index in [0.29, 0.717) is 11.1 Å². The molecule has 0 aliphatic rings. The Kier molecular flexibility index (Phi) is 3.79. The lowest BCUT2D eigenvalue weighted by Crippen LogP contribution is -2.43. The highest BCUT2D eigenvalue weighted by atomic mass is 16.6. The second kappa shape index (κ2) is 5.52. The molecule has 1 N–H and O–H groups in total. The molecule has 0 saturated heterocycles. The SMILES string of the molecule is O=C(O)C(C[N+](=O)[O-])(c1ccccc1)c1ccccc1. The van der Waals surface area contributed by atoms with Crippen LogP contribution in [0.1, 0.15) is 11.1 Å². The van der Waals surface area contributed by atoms with Gasteiger partial charge in [0, 0.05) is 4.92 Å². The number of carboxylic acids is 1. The van der Waals surface area contributed by atoms with Crippen LogP contribution in [0, 0.1) is 10.1 Å². The predicted molar refractivity (Wildman–Crippen MR) is 73.2 cm³/mol. The van der Waals surface area contributed by atoms with Gasteiger partial charge in [0.05, 0.1) is 0 Å². The summed E-state index contributed by atoms with van der Waals surface area (Å²) in [5.74, 6) is -1.23. The third-order valence-electron chi connectivity index (χ3n) is 3.26. The summed E-state index contributed by atoms with van der Waals surface area (Å²) in [6.45, 7) is -0.698. The van der Waals surface area contributed by atoms with Crippen LogP contribution in [0.15, 0.2) is 60.7 Å². The molecule has 0 aliphatic heterocycles. The van der Waals surface area contributed by atoms with Crippen molar-refractivity contribution < 1.29 is 14.8 Å². The zero-order valence-electron chi connectivity index (χ0n) is 10.6. The van der Waals surface area contributed by atoms with Gasteiger partial charge in [-0.1, -0.05) is 60.7 Å². The Morgan fingerprint density at radius 3 is 1.70 bits per heavy atom. The molecule has 2 aromatic rings. The molecular formula is C15H13NO4. The monoisotopic (exact) mass is 271 g/mol. The van der Waals surface area contributed by atoms with Crippen LogP contribution < -0.4 is 0 Å². The summed E-state index contributed by atoms with van der Waals surface area (Å²) in [6.07, 6.45) is 0. The Hall–Kier alpha value is -2.69. The van der Waals surface area contributed by atoms with Crippen molar-refractivity contribution >= 4 is 5.97 Å². The Balaban J connectivity index is 2.69. The van der Waals surface area contributed by atoms with Crippen LogP contribution in [-0.4, -0.2) is 22.5 Å². The van der Waals surface area contributed by atoms with Crippen molar-refractivity contribution in [1.29, 1.82) is 0 Å². The van der Waals surface area contributed by atoms with Crippen LogP contribution in [0.5, 0.6) is 0 Å². The fraction of sp³-hybridized carbons (Fsp3) is 0.133. The van der Waals surface area contributed by atoms with E-state index in [9.17, 15) is 20.0 Å². The molecule has 2 rings (SSSR count). The maximum Gasteiger partial charge on any atom is 0.325 e. The van der Waals surface area contributed by atoms with Crippen LogP contribution >= 0.6 is 0 Å². The summed E-state index contributed by atoms with van der Waals surface area (Å²) in [5, 5.41) is 20.7. The summed E-state index contributed by atoms with van der Waals surface area (Å²) in [6, 6.07) is 16.6. The first-order valence-corrected chi connectivity index (χ1v) is 6.03. The third-order valence-corrected chi connectivity index (χ3v) is 3.26. The second-order valence-corrected chi connectivity index (χ2v) is 4.43. The maximum atomic E-state index is 11.9. The lowest BCUT2D eigenvalue weighted by Gasteiger charge is -2.26. The minimum Gasteiger partial charge on any atom is -0.480 e. The fourth-order valence-electron chi connectivity index (χ4n) is 2.30. The Labute approximate surface area is 115 Å². The van der Waals surface area contributed by atoms with E-state index in [1.807, 2.05) is 0 Å². The Bertz CT molecular complexity index is 571. The topological polar surface area (TPSA) is 80.4 Å². The maximum absolute atomic E-state index is 11.9. The third kappa shape index (κ3) is 2.38. The van der Waals surface area contributed by atoms with E-state index >= 15 is 0 Å². The molecule has 5 heteroatoms. The second-order valence-electron chi connectivity index (χ2n) is 4.43. The van der Waals surface area contributed by atoms with Gasteiger partial charge in [0.15, 0.2) is 5.41 Å². The molecule has 0 saturated carbocycles. The first kappa shape index (κ1) is 13.7. The highest BCUT2D eigenvalue weighted by Gasteiger charge is 2.47. The highest BCUT2D eigenvalue weighted by molar-refractivity contribution is 5.86. The average molecular weight is 271 g/mol. The molecule has 2 aromatic carbocycles. The van der Waals surface area contributed by atoms with E-state index in [2.05, 4.69) is 0 Å². The van der Waals surface area contributed by atoms with E-state index in [-0.39, 0.29) is 0 Å². The summed E-state index contributed by atoms with van der Waals surface area (Å²) >= 11 is 0. The summed E-state index contributed by atoms with van der Waals surface area (Å²) in [5.41, 5.74) is -0.878. The zero-order valence-corrected chi connectivity index (χ0v) is 10.6. The van der Waals surface area contributed by atoms with Gasteiger partial charge in [-0.25, -0.2) is 0 Å². The molecule has 5 nitrogen and oxygen atoms in total. The number of nitrogens with zero attached hydrogens (tertiary/aromatic N) is 1. The number of hydrogen-bond donors (Lipinski definition) is 1. The van der Waals surface area contributed by atoms with Crippen molar-refractivity contribution in [3.05, 3.63) is 81.9 Å². The zero-order chi connectivity index (χ0) is 14.6. The van der Waals surface area contributed by atoms with Gasteiger partial charge in [0.25, 0.3) is 0 Å². The lowest BCUT2D eigenvalue weighted by molar-refractivity contribution is -0.486. The molecule has 0 bridgehead atoms. The van der Waals surface area contributed by atoms with Crippen molar-refractivity contribution in [3.8, 4) is 0 Å². The van der Waals surface area contributed by atoms with E-state index in [0.717, 1.165) is 0 Å². The van der Waals surface area contributed by atoms with E-state index in [1.165, 1.54) is 0 Å². The van der Waals surface area contributed by atoms with Gasteiger partial charge in [-0.15, -0.1) is 0 Å². The van der Waals surface area contributed by atoms with Crippen molar-refractivity contribution in [2.75, 3.05) is 6.54 Å². The summed E-state index contributed by atoms with van der Waals surface area (Å²) in [7, 11) is 0. The van der Waals surface area contributed by atoms with Crippen LogP contribution in [0.3, 0.4) is 0 Å². The molecule has 0 fully saturated rings. The number of carboxylic acid groups (broad SMARTS) is 1. The number of benzene rings is 2.